The highest BCUT2D eigenvalue weighted by Gasteiger charge is 2.31. The van der Waals surface area contributed by atoms with Crippen molar-refractivity contribution < 1.29 is 27.8 Å². The number of carbonyl (C=O) groups is 1. The summed E-state index contributed by atoms with van der Waals surface area (Å²) in [4.78, 5) is 18.5. The third kappa shape index (κ3) is 5.82. The van der Waals surface area contributed by atoms with Crippen LogP contribution in [-0.2, 0) is 6.61 Å². The molecule has 2 N–H and O–H groups in total. The van der Waals surface area contributed by atoms with Gasteiger partial charge in [-0.1, -0.05) is 23.2 Å². The Morgan fingerprint density at radius 1 is 1.12 bits per heavy atom. The molecule has 11 heteroatoms. The second kappa shape index (κ2) is 9.64. The fourth-order valence-electron chi connectivity index (χ4n) is 2.77. The topological polar surface area (TPSA) is 74.7 Å². The third-order valence-corrected chi connectivity index (χ3v) is 4.89. The van der Waals surface area contributed by atoms with Gasteiger partial charge in [0.15, 0.2) is 5.82 Å². The van der Waals surface area contributed by atoms with Gasteiger partial charge in [0.1, 0.15) is 5.75 Å². The Morgan fingerprint density at radius 2 is 1.81 bits per heavy atom. The van der Waals surface area contributed by atoms with Gasteiger partial charge in [-0.15, -0.1) is 13.2 Å². The smallest absolute Gasteiger partial charge is 0.406 e. The summed E-state index contributed by atoms with van der Waals surface area (Å²) in [5, 5.41) is 12.4. The third-order valence-electron chi connectivity index (χ3n) is 4.29. The molecule has 0 spiro atoms. The molecule has 3 aromatic rings. The zero-order valence-electron chi connectivity index (χ0n) is 16.5. The van der Waals surface area contributed by atoms with E-state index in [0.717, 1.165) is 12.1 Å². The van der Waals surface area contributed by atoms with E-state index in [9.17, 15) is 23.1 Å². The molecule has 0 unspecified atom stereocenters. The number of pyridine rings is 1. The SMILES string of the molecule is CN(c1cc(C(=O)Nc2ccc(OC(F)(F)F)cc2)ccc1Cl)c1ncc(CO)cc1Cl. The van der Waals surface area contributed by atoms with E-state index in [4.69, 9.17) is 23.2 Å². The van der Waals surface area contributed by atoms with Crippen LogP contribution in [0.3, 0.4) is 0 Å². The van der Waals surface area contributed by atoms with E-state index in [1.54, 1.807) is 18.0 Å². The van der Waals surface area contributed by atoms with Crippen LogP contribution in [0.1, 0.15) is 15.9 Å². The van der Waals surface area contributed by atoms with Crippen LogP contribution in [0.2, 0.25) is 10.0 Å². The highest BCUT2D eigenvalue weighted by atomic mass is 35.5. The van der Waals surface area contributed by atoms with Crippen molar-refractivity contribution in [1.29, 1.82) is 0 Å². The Morgan fingerprint density at radius 3 is 2.41 bits per heavy atom. The van der Waals surface area contributed by atoms with Crippen LogP contribution in [0.15, 0.2) is 54.7 Å². The Kier molecular flexibility index (Phi) is 7.12. The quantitative estimate of drug-likeness (QED) is 0.461. The first-order valence-electron chi connectivity index (χ1n) is 9.03. The van der Waals surface area contributed by atoms with Crippen molar-refractivity contribution in [2.24, 2.45) is 0 Å². The van der Waals surface area contributed by atoms with Gasteiger partial charge >= 0.3 is 6.36 Å². The van der Waals surface area contributed by atoms with Gasteiger partial charge in [0.2, 0.25) is 0 Å². The van der Waals surface area contributed by atoms with Gasteiger partial charge in [0.05, 0.1) is 22.3 Å². The number of hydrogen-bond donors (Lipinski definition) is 2. The Bertz CT molecular complexity index is 1130. The molecule has 0 radical (unpaired) electrons. The zero-order chi connectivity index (χ0) is 23.5. The van der Waals surface area contributed by atoms with Crippen LogP contribution in [0.25, 0.3) is 0 Å². The minimum atomic E-state index is -4.80. The standard InChI is InChI=1S/C21H16Cl2F3N3O3/c1-29(19-17(23)8-12(11-30)10-27-19)18-9-13(2-7-16(18)22)20(31)28-14-3-5-15(6-4-14)32-21(24,25)26/h2-10,30H,11H2,1H3,(H,28,31). The van der Waals surface area contributed by atoms with E-state index in [1.165, 1.54) is 36.5 Å². The molecule has 0 fully saturated rings. The molecule has 0 aliphatic heterocycles. The highest BCUT2D eigenvalue weighted by molar-refractivity contribution is 6.35. The minimum absolute atomic E-state index is 0.212. The summed E-state index contributed by atoms with van der Waals surface area (Å²) in [6, 6.07) is 10.9. The van der Waals surface area contributed by atoms with Crippen molar-refractivity contribution in [3.8, 4) is 5.75 Å². The number of hydrogen-bond acceptors (Lipinski definition) is 5. The summed E-state index contributed by atoms with van der Waals surface area (Å²) in [5.41, 5.74) is 1.51. The van der Waals surface area contributed by atoms with Crippen LogP contribution in [0, 0.1) is 0 Å². The average molecular weight is 486 g/mol. The van der Waals surface area contributed by atoms with Crippen molar-refractivity contribution in [3.63, 3.8) is 0 Å². The Labute approximate surface area is 191 Å². The fraction of sp³-hybridized carbons (Fsp3) is 0.143. The number of aliphatic hydroxyl groups is 1. The molecule has 0 bridgehead atoms. The number of aromatic nitrogens is 1. The summed E-state index contributed by atoms with van der Waals surface area (Å²) in [6.07, 6.45) is -3.33. The maximum absolute atomic E-state index is 12.6. The number of anilines is 3. The van der Waals surface area contributed by atoms with E-state index in [0.29, 0.717) is 22.1 Å². The van der Waals surface area contributed by atoms with Crippen LogP contribution >= 0.6 is 23.2 Å². The van der Waals surface area contributed by atoms with Crippen molar-refractivity contribution in [2.75, 3.05) is 17.3 Å². The summed E-state index contributed by atoms with van der Waals surface area (Å²) in [5.74, 6) is -0.540. The van der Waals surface area contributed by atoms with Gasteiger partial charge in [-0.25, -0.2) is 4.98 Å². The first kappa shape index (κ1) is 23.6. The largest absolute Gasteiger partial charge is 0.573 e. The lowest BCUT2D eigenvalue weighted by atomic mass is 10.1. The van der Waals surface area contributed by atoms with E-state index in [2.05, 4.69) is 15.0 Å². The van der Waals surface area contributed by atoms with E-state index in [-0.39, 0.29) is 22.9 Å². The van der Waals surface area contributed by atoms with E-state index >= 15 is 0 Å². The molecule has 168 valence electrons. The van der Waals surface area contributed by atoms with Crippen molar-refractivity contribution in [3.05, 3.63) is 75.9 Å². The molecule has 3 rings (SSSR count). The summed E-state index contributed by atoms with van der Waals surface area (Å²) < 4.78 is 40.6. The van der Waals surface area contributed by atoms with Gasteiger partial charge in [-0.05, 0) is 54.1 Å². The Balaban J connectivity index is 1.79. The summed E-state index contributed by atoms with van der Waals surface area (Å²) in [6.45, 7) is -0.212. The number of aliphatic hydroxyl groups excluding tert-OH is 1. The molecular formula is C21H16Cl2F3N3O3. The number of nitrogens with zero attached hydrogens (tertiary/aromatic N) is 2. The highest BCUT2D eigenvalue weighted by Crippen LogP contribution is 2.34. The molecule has 1 heterocycles. The van der Waals surface area contributed by atoms with Gasteiger partial charge in [0, 0.05) is 24.5 Å². The van der Waals surface area contributed by atoms with Crippen molar-refractivity contribution in [2.45, 2.75) is 13.0 Å². The number of halogens is 5. The summed E-state index contributed by atoms with van der Waals surface area (Å²) in [7, 11) is 1.66. The van der Waals surface area contributed by atoms with Crippen molar-refractivity contribution in [1.82, 2.24) is 4.98 Å². The predicted molar refractivity (Wildman–Crippen MR) is 116 cm³/mol. The number of carbonyl (C=O) groups excluding carboxylic acids is 1. The number of alkyl halides is 3. The monoisotopic (exact) mass is 485 g/mol. The number of nitrogens with one attached hydrogen (secondary N) is 1. The van der Waals surface area contributed by atoms with Crippen LogP contribution in [0.4, 0.5) is 30.4 Å². The molecule has 32 heavy (non-hydrogen) atoms. The predicted octanol–water partition coefficient (Wildman–Crippen LogP) is 5.80. The van der Waals surface area contributed by atoms with Gasteiger partial charge < -0.3 is 20.1 Å². The summed E-state index contributed by atoms with van der Waals surface area (Å²) >= 11 is 12.5. The molecule has 0 saturated carbocycles. The lowest BCUT2D eigenvalue weighted by molar-refractivity contribution is -0.274. The zero-order valence-corrected chi connectivity index (χ0v) is 18.0. The van der Waals surface area contributed by atoms with E-state index < -0.39 is 18.0 Å². The first-order valence-corrected chi connectivity index (χ1v) is 9.78. The maximum atomic E-state index is 12.6. The lowest BCUT2D eigenvalue weighted by Gasteiger charge is -2.21. The molecule has 0 saturated heterocycles. The van der Waals surface area contributed by atoms with Gasteiger partial charge in [-0.3, -0.25) is 4.79 Å². The number of amides is 1. The minimum Gasteiger partial charge on any atom is -0.406 e. The number of rotatable bonds is 6. The molecular weight excluding hydrogens is 470 g/mol. The van der Waals surface area contributed by atoms with Crippen LogP contribution in [-0.4, -0.2) is 29.4 Å². The average Bonchev–Trinajstić information content (AvgIpc) is 2.73. The normalized spacial score (nSPS) is 11.2. The number of ether oxygens (including phenoxy) is 1. The first-order chi connectivity index (χ1) is 15.1. The number of benzene rings is 2. The van der Waals surface area contributed by atoms with E-state index in [1.807, 2.05) is 0 Å². The van der Waals surface area contributed by atoms with Crippen LogP contribution < -0.4 is 15.0 Å². The second-order valence-electron chi connectivity index (χ2n) is 6.56. The molecule has 0 aliphatic rings. The fourth-order valence-corrected chi connectivity index (χ4v) is 3.33. The lowest BCUT2D eigenvalue weighted by Crippen LogP contribution is -2.17. The molecule has 2 aromatic carbocycles. The molecule has 6 nitrogen and oxygen atoms in total. The Hall–Kier alpha value is -3.01. The molecule has 1 amide bonds. The molecule has 0 aliphatic carbocycles. The van der Waals surface area contributed by atoms with Gasteiger partial charge in [-0.2, -0.15) is 0 Å². The molecule has 1 aromatic heterocycles. The molecule has 0 atom stereocenters. The maximum Gasteiger partial charge on any atom is 0.573 e. The second-order valence-corrected chi connectivity index (χ2v) is 7.37. The van der Waals surface area contributed by atoms with Crippen LogP contribution in [0.5, 0.6) is 5.75 Å². The van der Waals surface area contributed by atoms with Crippen molar-refractivity contribution >= 4 is 46.3 Å². The van der Waals surface area contributed by atoms with Gasteiger partial charge in [0.25, 0.3) is 5.91 Å².